The lowest BCUT2D eigenvalue weighted by Crippen LogP contribution is -2.34. The Labute approximate surface area is 177 Å². The molecular weight excluding hydrogens is 433 g/mol. The average molecular weight is 461 g/mol. The summed E-state index contributed by atoms with van der Waals surface area (Å²) in [6.07, 6.45) is 1.46. The molecule has 4 atom stereocenters. The number of phosphoric acid groups is 1. The number of aliphatic hydroxyl groups is 2. The van der Waals surface area contributed by atoms with Crippen molar-refractivity contribution in [1.29, 1.82) is 5.41 Å². The molecule has 0 amide bonds. The zero-order chi connectivity index (χ0) is 22.6. The van der Waals surface area contributed by atoms with Crippen LogP contribution in [-0.4, -0.2) is 77.2 Å². The number of rotatable bonds is 11. The Hall–Kier alpha value is -1.90. The van der Waals surface area contributed by atoms with Crippen molar-refractivity contribution in [2.24, 2.45) is 5.73 Å². The van der Waals surface area contributed by atoms with E-state index in [2.05, 4.69) is 19.9 Å². The first-order valence-electron chi connectivity index (χ1n) is 9.87. The van der Waals surface area contributed by atoms with E-state index in [1.807, 2.05) is 0 Å². The van der Waals surface area contributed by atoms with Crippen molar-refractivity contribution < 1.29 is 33.8 Å². The Kier molecular flexibility index (Phi) is 7.78. The van der Waals surface area contributed by atoms with Gasteiger partial charge in [-0.25, -0.2) is 19.2 Å². The quantitative estimate of drug-likeness (QED) is 0.151. The van der Waals surface area contributed by atoms with E-state index in [0.29, 0.717) is 18.7 Å². The Morgan fingerprint density at radius 3 is 2.65 bits per heavy atom. The molecule has 0 aromatic carbocycles. The second-order valence-corrected chi connectivity index (χ2v) is 8.47. The fraction of sp³-hybridized carbons (Fsp3) is 0.688. The number of unbranched alkanes of at least 4 members (excludes halogenated alkanes) is 3. The Bertz CT molecular complexity index is 977. The highest BCUT2D eigenvalue weighted by Crippen LogP contribution is 2.38. The van der Waals surface area contributed by atoms with Crippen molar-refractivity contribution >= 4 is 19.0 Å². The van der Waals surface area contributed by atoms with Gasteiger partial charge >= 0.3 is 7.82 Å². The van der Waals surface area contributed by atoms with Crippen molar-refractivity contribution in [3.63, 3.8) is 0 Å². The summed E-state index contributed by atoms with van der Waals surface area (Å²) in [6.45, 7) is 0.661. The largest absolute Gasteiger partial charge is 0.469 e. The zero-order valence-corrected chi connectivity index (χ0v) is 17.6. The predicted molar refractivity (Wildman–Crippen MR) is 107 cm³/mol. The molecule has 1 aliphatic heterocycles. The van der Waals surface area contributed by atoms with Crippen molar-refractivity contribution in [2.75, 3.05) is 25.1 Å². The first kappa shape index (κ1) is 23.8. The van der Waals surface area contributed by atoms with Gasteiger partial charge in [-0.2, -0.15) is 0 Å². The highest BCUT2D eigenvalue weighted by molar-refractivity contribution is 7.46. The van der Waals surface area contributed by atoms with Crippen LogP contribution in [0.15, 0.2) is 12.7 Å². The fourth-order valence-electron chi connectivity index (χ4n) is 3.38. The lowest BCUT2D eigenvalue weighted by atomic mass is 10.1. The first-order valence-corrected chi connectivity index (χ1v) is 11.4. The summed E-state index contributed by atoms with van der Waals surface area (Å²) in [4.78, 5) is 25.9. The number of nitrogens with zero attached hydrogens (tertiary/aromatic N) is 4. The number of aromatic nitrogens is 4. The standard InChI is InChI=1S/C16H28N7O7P/c17-5-3-1-2-4-6-21-23-9-20-14(18)11-15(23)22(8-19-11)16-13(25)12(24)10(30-16)7-29-31(26,27)28/h8-10,12-13,16,18,21,24-25H,1-7,17H2,(H2,26,27,28)/t10-,12-,13-,16-/m1/s1. The Balaban J connectivity index is 1.79. The number of hydrogen-bond acceptors (Lipinski definition) is 10. The summed E-state index contributed by atoms with van der Waals surface area (Å²) < 4.78 is 24.0. The van der Waals surface area contributed by atoms with E-state index in [1.54, 1.807) is 4.68 Å². The van der Waals surface area contributed by atoms with Gasteiger partial charge < -0.3 is 35.9 Å². The molecule has 2 aromatic heterocycles. The SMILES string of the molecule is N=c1ncn(NCCCCCCN)c2c1ncn2[C@@H]1O[C@H](COP(=O)(O)O)[C@@H](O)[C@H]1O. The van der Waals surface area contributed by atoms with Crippen LogP contribution < -0.4 is 16.6 Å². The number of nitrogens with two attached hydrogens (primary N) is 1. The van der Waals surface area contributed by atoms with Crippen LogP contribution in [0.1, 0.15) is 31.9 Å². The predicted octanol–water partition coefficient (Wildman–Crippen LogP) is -1.50. The molecule has 31 heavy (non-hydrogen) atoms. The molecule has 0 saturated carbocycles. The van der Waals surface area contributed by atoms with Crippen LogP contribution in [0.2, 0.25) is 0 Å². The van der Waals surface area contributed by atoms with Crippen LogP contribution in [0.25, 0.3) is 11.2 Å². The van der Waals surface area contributed by atoms with Gasteiger partial charge in [0.15, 0.2) is 22.9 Å². The van der Waals surface area contributed by atoms with Gasteiger partial charge in [0, 0.05) is 6.54 Å². The van der Waals surface area contributed by atoms with Crippen LogP contribution in [0.3, 0.4) is 0 Å². The number of fused-ring (bicyclic) bond motifs is 1. The molecule has 0 spiro atoms. The summed E-state index contributed by atoms with van der Waals surface area (Å²) in [7, 11) is -4.77. The molecule has 3 heterocycles. The maximum atomic E-state index is 10.9. The van der Waals surface area contributed by atoms with Gasteiger partial charge in [0.05, 0.1) is 12.9 Å². The van der Waals surface area contributed by atoms with E-state index in [0.717, 1.165) is 25.7 Å². The van der Waals surface area contributed by atoms with E-state index in [1.165, 1.54) is 17.2 Å². The molecule has 8 N–H and O–H groups in total. The molecule has 0 aliphatic carbocycles. The number of imidazole rings is 1. The molecule has 14 nitrogen and oxygen atoms in total. The summed E-state index contributed by atoms with van der Waals surface area (Å²) in [5.41, 5.74) is 9.22. The van der Waals surface area contributed by atoms with E-state index < -0.39 is 39.0 Å². The maximum Gasteiger partial charge on any atom is 0.469 e. The minimum Gasteiger partial charge on any atom is -0.387 e. The van der Waals surface area contributed by atoms with E-state index in [4.69, 9.17) is 25.7 Å². The summed E-state index contributed by atoms with van der Waals surface area (Å²) in [6, 6.07) is 0. The highest BCUT2D eigenvalue weighted by Gasteiger charge is 2.45. The van der Waals surface area contributed by atoms with Gasteiger partial charge in [0.2, 0.25) is 0 Å². The van der Waals surface area contributed by atoms with Crippen molar-refractivity contribution in [1.82, 2.24) is 19.2 Å². The minimum absolute atomic E-state index is 0.0795. The van der Waals surface area contributed by atoms with Crippen molar-refractivity contribution in [3.8, 4) is 0 Å². The monoisotopic (exact) mass is 461 g/mol. The topological polar surface area (TPSA) is 214 Å². The van der Waals surface area contributed by atoms with Crippen molar-refractivity contribution in [3.05, 3.63) is 18.1 Å². The molecule has 2 aromatic rings. The molecule has 1 saturated heterocycles. The van der Waals surface area contributed by atoms with Crippen LogP contribution in [0, 0.1) is 5.41 Å². The number of hydrogen-bond donors (Lipinski definition) is 7. The third kappa shape index (κ3) is 5.67. The first-order chi connectivity index (χ1) is 14.7. The molecule has 174 valence electrons. The van der Waals surface area contributed by atoms with Gasteiger partial charge in [0.1, 0.15) is 24.6 Å². The third-order valence-electron chi connectivity index (χ3n) is 4.95. The lowest BCUT2D eigenvalue weighted by molar-refractivity contribution is -0.0505. The van der Waals surface area contributed by atoms with Crippen LogP contribution in [0.4, 0.5) is 0 Å². The Morgan fingerprint density at radius 2 is 1.94 bits per heavy atom. The summed E-state index contributed by atoms with van der Waals surface area (Å²) >= 11 is 0. The molecule has 0 bridgehead atoms. The van der Waals surface area contributed by atoms with Crippen LogP contribution in [0.5, 0.6) is 0 Å². The Morgan fingerprint density at radius 1 is 1.19 bits per heavy atom. The second kappa shape index (κ2) is 10.1. The van der Waals surface area contributed by atoms with Gasteiger partial charge in [-0.15, -0.1) is 0 Å². The number of phosphoric ester groups is 1. The normalized spacial score (nSPS) is 24.2. The lowest BCUT2D eigenvalue weighted by Gasteiger charge is -2.19. The van der Waals surface area contributed by atoms with E-state index in [9.17, 15) is 14.8 Å². The molecule has 1 aliphatic rings. The van der Waals surface area contributed by atoms with E-state index >= 15 is 0 Å². The van der Waals surface area contributed by atoms with Gasteiger partial charge in [-0.1, -0.05) is 12.8 Å². The molecule has 1 fully saturated rings. The molecule has 0 radical (unpaired) electrons. The zero-order valence-electron chi connectivity index (χ0n) is 16.7. The van der Waals surface area contributed by atoms with Crippen molar-refractivity contribution in [2.45, 2.75) is 50.2 Å². The molecule has 3 rings (SSSR count). The summed E-state index contributed by atoms with van der Waals surface area (Å²) in [5.74, 6) is 0. The third-order valence-corrected chi connectivity index (χ3v) is 5.44. The molecule has 0 unspecified atom stereocenters. The number of ether oxygens (including phenoxy) is 1. The van der Waals surface area contributed by atoms with E-state index in [-0.39, 0.29) is 11.0 Å². The average Bonchev–Trinajstić information content (AvgIpc) is 3.27. The number of nitrogens with one attached hydrogen (secondary N) is 2. The highest BCUT2D eigenvalue weighted by atomic mass is 31.2. The van der Waals surface area contributed by atoms with Crippen LogP contribution >= 0.6 is 7.82 Å². The smallest absolute Gasteiger partial charge is 0.387 e. The molecular formula is C16H28N7O7P. The fourth-order valence-corrected chi connectivity index (χ4v) is 3.72. The summed E-state index contributed by atoms with van der Waals surface area (Å²) in [5, 5.41) is 28.7. The minimum atomic E-state index is -4.77. The molecule has 15 heteroatoms. The number of aliphatic hydroxyl groups excluding tert-OH is 2. The second-order valence-electron chi connectivity index (χ2n) is 7.23. The van der Waals surface area contributed by atoms with Gasteiger partial charge in [-0.3, -0.25) is 14.5 Å². The van der Waals surface area contributed by atoms with Gasteiger partial charge in [0.25, 0.3) is 0 Å². The maximum absolute atomic E-state index is 10.9. The van der Waals surface area contributed by atoms with Gasteiger partial charge in [-0.05, 0) is 19.4 Å². The van der Waals surface area contributed by atoms with Crippen LogP contribution in [-0.2, 0) is 13.8 Å².